The third-order valence-electron chi connectivity index (χ3n) is 5.18. The molecule has 2 aliphatic rings. The summed E-state index contributed by atoms with van der Waals surface area (Å²) >= 11 is 0. The molecule has 0 aromatic carbocycles. The van der Waals surface area contributed by atoms with E-state index in [-0.39, 0.29) is 12.0 Å². The summed E-state index contributed by atoms with van der Waals surface area (Å²) in [6.07, 6.45) is 4.58. The first-order chi connectivity index (χ1) is 11.6. The van der Waals surface area contributed by atoms with Crippen molar-refractivity contribution in [2.75, 3.05) is 31.6 Å². The summed E-state index contributed by atoms with van der Waals surface area (Å²) in [7, 11) is 0. The fraction of sp³-hybridized carbons (Fsp3) is 0.667. The lowest BCUT2D eigenvalue weighted by Crippen LogP contribution is -2.32. The van der Waals surface area contributed by atoms with Gasteiger partial charge in [0.05, 0.1) is 24.8 Å². The highest BCUT2D eigenvalue weighted by Crippen LogP contribution is 2.28. The first kappa shape index (κ1) is 17.0. The van der Waals surface area contributed by atoms with E-state index in [1.54, 1.807) is 0 Å². The van der Waals surface area contributed by atoms with Gasteiger partial charge in [-0.15, -0.1) is 0 Å². The minimum atomic E-state index is -0.0421. The number of aromatic nitrogens is 1. The molecule has 1 N–H and O–H groups in total. The van der Waals surface area contributed by atoms with Crippen LogP contribution in [0.1, 0.15) is 42.5 Å². The summed E-state index contributed by atoms with van der Waals surface area (Å²) in [4.78, 5) is 14.6. The molecule has 130 valence electrons. The van der Waals surface area contributed by atoms with Gasteiger partial charge in [-0.3, -0.25) is 9.69 Å². The second-order valence-corrected chi connectivity index (χ2v) is 6.82. The van der Waals surface area contributed by atoms with Crippen LogP contribution in [-0.4, -0.2) is 47.7 Å². The van der Waals surface area contributed by atoms with Crippen molar-refractivity contribution in [3.05, 3.63) is 16.8 Å². The highest BCUT2D eigenvalue weighted by Gasteiger charge is 2.24. The molecule has 1 amide bonds. The molecule has 0 aliphatic carbocycles. The third-order valence-corrected chi connectivity index (χ3v) is 5.18. The van der Waals surface area contributed by atoms with Crippen LogP contribution >= 0.6 is 0 Å². The largest absolute Gasteiger partial charge is 0.376 e. The van der Waals surface area contributed by atoms with Crippen molar-refractivity contribution < 1.29 is 9.53 Å². The van der Waals surface area contributed by atoms with Gasteiger partial charge >= 0.3 is 0 Å². The van der Waals surface area contributed by atoms with Crippen LogP contribution < -0.4 is 5.32 Å². The molecule has 0 radical (unpaired) electrons. The number of amides is 1. The van der Waals surface area contributed by atoms with Gasteiger partial charge in [0, 0.05) is 12.3 Å². The molecule has 0 saturated carbocycles. The van der Waals surface area contributed by atoms with E-state index >= 15 is 0 Å². The predicted octanol–water partition coefficient (Wildman–Crippen LogP) is 2.19. The molecule has 24 heavy (non-hydrogen) atoms. The maximum Gasteiger partial charge on any atom is 0.239 e. The van der Waals surface area contributed by atoms with Gasteiger partial charge in [0.15, 0.2) is 0 Å². The summed E-state index contributed by atoms with van der Waals surface area (Å²) in [5.74, 6) is 0.590. The number of rotatable bonds is 5. The summed E-state index contributed by atoms with van der Waals surface area (Å²) in [5.41, 5.74) is 2.53. The van der Waals surface area contributed by atoms with E-state index in [9.17, 15) is 10.1 Å². The molecule has 0 spiro atoms. The smallest absolute Gasteiger partial charge is 0.239 e. The number of ether oxygens (including phenoxy) is 1. The lowest BCUT2D eigenvalue weighted by atomic mass is 10.2. The zero-order valence-corrected chi connectivity index (χ0v) is 14.6. The van der Waals surface area contributed by atoms with Crippen molar-refractivity contribution in [1.82, 2.24) is 9.47 Å². The number of hydrogen-bond acceptors (Lipinski definition) is 4. The predicted molar refractivity (Wildman–Crippen MR) is 91.9 cm³/mol. The average Bonchev–Trinajstić information content (AvgIpc) is 3.28. The summed E-state index contributed by atoms with van der Waals surface area (Å²) in [6, 6.07) is 2.26. The molecule has 0 bridgehead atoms. The van der Waals surface area contributed by atoms with Crippen molar-refractivity contribution in [3.63, 3.8) is 0 Å². The zero-order chi connectivity index (χ0) is 17.1. The number of hydrogen-bond donors (Lipinski definition) is 1. The van der Waals surface area contributed by atoms with E-state index in [1.807, 2.05) is 18.4 Å². The van der Waals surface area contributed by atoms with Crippen molar-refractivity contribution in [3.8, 4) is 6.07 Å². The van der Waals surface area contributed by atoms with Crippen LogP contribution in [-0.2, 0) is 16.1 Å². The number of carbonyl (C=O) groups is 1. The van der Waals surface area contributed by atoms with Gasteiger partial charge in [-0.2, -0.15) is 5.26 Å². The molecule has 2 saturated heterocycles. The van der Waals surface area contributed by atoms with E-state index < -0.39 is 0 Å². The Bertz CT molecular complexity index is 647. The molecule has 3 heterocycles. The van der Waals surface area contributed by atoms with E-state index in [0.29, 0.717) is 24.5 Å². The molecular weight excluding hydrogens is 304 g/mol. The van der Waals surface area contributed by atoms with Crippen LogP contribution in [0.5, 0.6) is 0 Å². The second-order valence-electron chi connectivity index (χ2n) is 6.82. The zero-order valence-electron chi connectivity index (χ0n) is 14.6. The molecular formula is C18H26N4O2. The van der Waals surface area contributed by atoms with Crippen LogP contribution in [0.4, 0.5) is 5.82 Å². The minimum Gasteiger partial charge on any atom is -0.376 e. The fourth-order valence-corrected chi connectivity index (χ4v) is 3.67. The fourth-order valence-electron chi connectivity index (χ4n) is 3.67. The Balaban J connectivity index is 1.79. The van der Waals surface area contributed by atoms with Gasteiger partial charge < -0.3 is 14.6 Å². The van der Waals surface area contributed by atoms with Crippen LogP contribution in [0.25, 0.3) is 0 Å². The van der Waals surface area contributed by atoms with E-state index in [2.05, 4.69) is 16.3 Å². The van der Waals surface area contributed by atoms with Gasteiger partial charge in [-0.1, -0.05) is 0 Å². The van der Waals surface area contributed by atoms with Gasteiger partial charge in [0.25, 0.3) is 0 Å². The van der Waals surface area contributed by atoms with Crippen LogP contribution in [0.2, 0.25) is 0 Å². The Morgan fingerprint density at radius 1 is 1.33 bits per heavy atom. The maximum atomic E-state index is 12.4. The van der Waals surface area contributed by atoms with Crippen LogP contribution in [0, 0.1) is 25.2 Å². The summed E-state index contributed by atoms with van der Waals surface area (Å²) in [5, 5.41) is 12.5. The highest BCUT2D eigenvalue weighted by atomic mass is 16.5. The summed E-state index contributed by atoms with van der Waals surface area (Å²) in [6.45, 7) is 7.78. The number of nitrogens with one attached hydrogen (secondary N) is 1. The summed E-state index contributed by atoms with van der Waals surface area (Å²) < 4.78 is 7.78. The Morgan fingerprint density at radius 3 is 2.71 bits per heavy atom. The highest BCUT2D eigenvalue weighted by molar-refractivity contribution is 5.93. The molecule has 3 rings (SSSR count). The molecule has 1 aromatic rings. The monoisotopic (exact) mass is 330 g/mol. The first-order valence-electron chi connectivity index (χ1n) is 8.83. The Kier molecular flexibility index (Phi) is 5.22. The molecule has 0 unspecified atom stereocenters. The average molecular weight is 330 g/mol. The number of nitriles is 1. The lowest BCUT2D eigenvalue weighted by Gasteiger charge is -2.18. The molecule has 2 fully saturated rings. The van der Waals surface area contributed by atoms with Gasteiger partial charge in [-0.25, -0.2) is 0 Å². The molecule has 1 atom stereocenters. The Hall–Kier alpha value is -1.84. The topological polar surface area (TPSA) is 70.3 Å². The van der Waals surface area contributed by atoms with Gasteiger partial charge in [-0.05, 0) is 58.2 Å². The van der Waals surface area contributed by atoms with E-state index in [0.717, 1.165) is 56.6 Å². The minimum absolute atomic E-state index is 0.0421. The SMILES string of the molecule is Cc1c(C#N)c(NC(=O)CN2CCCC2)n(C[C@H]2CCCO2)c1C. The molecule has 6 heteroatoms. The maximum absolute atomic E-state index is 12.4. The van der Waals surface area contributed by atoms with Crippen LogP contribution in [0.15, 0.2) is 0 Å². The molecule has 6 nitrogen and oxygen atoms in total. The van der Waals surface area contributed by atoms with Crippen LogP contribution in [0.3, 0.4) is 0 Å². The first-order valence-corrected chi connectivity index (χ1v) is 8.83. The van der Waals surface area contributed by atoms with E-state index in [4.69, 9.17) is 4.74 Å². The molecule has 1 aromatic heterocycles. The quantitative estimate of drug-likeness (QED) is 0.898. The number of carbonyl (C=O) groups excluding carboxylic acids is 1. The van der Waals surface area contributed by atoms with E-state index in [1.165, 1.54) is 0 Å². The van der Waals surface area contributed by atoms with Crippen molar-refractivity contribution in [2.45, 2.75) is 52.2 Å². The standard InChI is InChI=1S/C18H26N4O2/c1-13-14(2)22(11-15-6-5-9-24-15)18(16(13)10-19)20-17(23)12-21-7-3-4-8-21/h15H,3-9,11-12H2,1-2H3,(H,20,23)/t15-/m1/s1. The van der Waals surface area contributed by atoms with Crippen molar-refractivity contribution in [1.29, 1.82) is 5.26 Å². The Morgan fingerprint density at radius 2 is 2.08 bits per heavy atom. The van der Waals surface area contributed by atoms with Gasteiger partial charge in [0.1, 0.15) is 11.9 Å². The van der Waals surface area contributed by atoms with Gasteiger partial charge in [0.2, 0.25) is 5.91 Å². The lowest BCUT2D eigenvalue weighted by molar-refractivity contribution is -0.117. The van der Waals surface area contributed by atoms with Crippen molar-refractivity contribution >= 4 is 11.7 Å². The number of likely N-dealkylation sites (tertiary alicyclic amines) is 1. The van der Waals surface area contributed by atoms with Crippen molar-refractivity contribution in [2.24, 2.45) is 0 Å². The number of anilines is 1. The second kappa shape index (κ2) is 7.37. The number of nitrogens with zero attached hydrogens (tertiary/aromatic N) is 3. The Labute approximate surface area is 143 Å². The normalized spacial score (nSPS) is 21.1. The molecule has 2 aliphatic heterocycles. The third kappa shape index (κ3) is 3.47.